The maximum Gasteiger partial charge on any atom is 0.253 e. The van der Waals surface area contributed by atoms with E-state index in [4.69, 9.17) is 4.74 Å². The summed E-state index contributed by atoms with van der Waals surface area (Å²) < 4.78 is 5.43. The molecule has 1 unspecified atom stereocenters. The van der Waals surface area contributed by atoms with Crippen LogP contribution < -0.4 is 5.32 Å². The number of hydrogen-bond donors (Lipinski definition) is 2. The van der Waals surface area contributed by atoms with Gasteiger partial charge in [-0.2, -0.15) is 0 Å². The molecular formula is C11H20N2O3. The lowest BCUT2D eigenvalue weighted by atomic mass is 9.93. The van der Waals surface area contributed by atoms with Crippen LogP contribution in [0.3, 0.4) is 0 Å². The lowest BCUT2D eigenvalue weighted by Gasteiger charge is -2.37. The third-order valence-electron chi connectivity index (χ3n) is 3.36. The summed E-state index contributed by atoms with van der Waals surface area (Å²) in [6.07, 6.45) is 0.967. The normalized spacial score (nSPS) is 30.1. The number of likely N-dealkylation sites (tertiary alicyclic amines) is 1. The van der Waals surface area contributed by atoms with Crippen LogP contribution in [0.15, 0.2) is 0 Å². The Kier molecular flexibility index (Phi) is 3.47. The molecule has 1 amide bonds. The number of morpholine rings is 1. The predicted octanol–water partition coefficient (Wildman–Crippen LogP) is -0.652. The van der Waals surface area contributed by atoms with Gasteiger partial charge in [0.05, 0.1) is 12.2 Å². The number of nitrogens with one attached hydrogen (secondary N) is 1. The largest absolute Gasteiger partial charge is 0.390 e. The zero-order valence-electron chi connectivity index (χ0n) is 9.74. The molecule has 5 heteroatoms. The minimum atomic E-state index is -0.609. The van der Waals surface area contributed by atoms with Gasteiger partial charge in [0.25, 0.3) is 5.91 Å². The summed E-state index contributed by atoms with van der Waals surface area (Å²) in [5.41, 5.74) is -0.609. The molecule has 2 heterocycles. The van der Waals surface area contributed by atoms with Crippen LogP contribution in [0.2, 0.25) is 0 Å². The minimum Gasteiger partial charge on any atom is -0.390 e. The zero-order valence-corrected chi connectivity index (χ0v) is 9.74. The van der Waals surface area contributed by atoms with Gasteiger partial charge in [-0.05, 0) is 19.8 Å². The Morgan fingerprint density at radius 2 is 2.19 bits per heavy atom. The lowest BCUT2D eigenvalue weighted by molar-refractivity contribution is -0.148. The Bertz CT molecular complexity index is 252. The van der Waals surface area contributed by atoms with Gasteiger partial charge < -0.3 is 20.1 Å². The maximum atomic E-state index is 12.0. The number of carbonyl (C=O) groups is 1. The Morgan fingerprint density at radius 1 is 1.50 bits per heavy atom. The fourth-order valence-corrected chi connectivity index (χ4v) is 2.14. The van der Waals surface area contributed by atoms with Crippen LogP contribution in [0.1, 0.15) is 19.8 Å². The first-order valence-electron chi connectivity index (χ1n) is 5.92. The smallest absolute Gasteiger partial charge is 0.253 e. The molecular weight excluding hydrogens is 208 g/mol. The van der Waals surface area contributed by atoms with Crippen LogP contribution in [0.5, 0.6) is 0 Å². The topological polar surface area (TPSA) is 61.8 Å². The van der Waals surface area contributed by atoms with E-state index >= 15 is 0 Å². The molecule has 0 aromatic carbocycles. The average Bonchev–Trinajstić information content (AvgIpc) is 2.29. The second kappa shape index (κ2) is 4.69. The zero-order chi connectivity index (χ0) is 11.6. The molecule has 2 fully saturated rings. The van der Waals surface area contributed by atoms with Crippen molar-refractivity contribution in [2.75, 3.05) is 32.8 Å². The van der Waals surface area contributed by atoms with E-state index in [1.54, 1.807) is 4.90 Å². The number of nitrogens with zero attached hydrogens (tertiary/aromatic N) is 1. The first kappa shape index (κ1) is 11.8. The molecule has 0 bridgehead atoms. The SMILES string of the molecule is CC1(O)CCN(C(=O)C2CNCCO2)CC1. The third kappa shape index (κ3) is 2.72. The molecule has 5 nitrogen and oxygen atoms in total. The molecule has 2 saturated heterocycles. The predicted molar refractivity (Wildman–Crippen MR) is 59.0 cm³/mol. The van der Waals surface area contributed by atoms with Gasteiger partial charge >= 0.3 is 0 Å². The Hall–Kier alpha value is -0.650. The fraction of sp³-hybridized carbons (Fsp3) is 0.909. The molecule has 0 aromatic heterocycles. The van der Waals surface area contributed by atoms with Gasteiger partial charge in [0.15, 0.2) is 0 Å². The Balaban J connectivity index is 1.86. The molecule has 2 N–H and O–H groups in total. The van der Waals surface area contributed by atoms with E-state index in [0.717, 1.165) is 6.54 Å². The van der Waals surface area contributed by atoms with Crippen LogP contribution in [0, 0.1) is 0 Å². The van der Waals surface area contributed by atoms with Crippen LogP contribution in [0.25, 0.3) is 0 Å². The number of carbonyl (C=O) groups excluding carboxylic acids is 1. The first-order valence-corrected chi connectivity index (χ1v) is 5.92. The van der Waals surface area contributed by atoms with Crippen molar-refractivity contribution in [2.45, 2.75) is 31.5 Å². The molecule has 0 spiro atoms. The van der Waals surface area contributed by atoms with Crippen molar-refractivity contribution in [1.82, 2.24) is 10.2 Å². The van der Waals surface area contributed by atoms with E-state index < -0.39 is 5.60 Å². The highest BCUT2D eigenvalue weighted by Crippen LogP contribution is 2.21. The summed E-state index contributed by atoms with van der Waals surface area (Å²) in [6, 6.07) is 0. The number of amides is 1. The second-order valence-electron chi connectivity index (χ2n) is 4.89. The van der Waals surface area contributed by atoms with Crippen LogP contribution >= 0.6 is 0 Å². The number of hydrogen-bond acceptors (Lipinski definition) is 4. The molecule has 2 aliphatic rings. The Labute approximate surface area is 95.8 Å². The molecule has 2 aliphatic heterocycles. The van der Waals surface area contributed by atoms with Crippen molar-refractivity contribution < 1.29 is 14.6 Å². The van der Waals surface area contributed by atoms with Crippen molar-refractivity contribution in [3.8, 4) is 0 Å². The highest BCUT2D eigenvalue weighted by molar-refractivity contribution is 5.81. The van der Waals surface area contributed by atoms with Gasteiger partial charge in [-0.25, -0.2) is 0 Å². The second-order valence-corrected chi connectivity index (χ2v) is 4.89. The molecule has 0 aromatic rings. The van der Waals surface area contributed by atoms with Crippen LogP contribution in [-0.2, 0) is 9.53 Å². The summed E-state index contributed by atoms with van der Waals surface area (Å²) in [5, 5.41) is 13.0. The minimum absolute atomic E-state index is 0.0581. The molecule has 0 aliphatic carbocycles. The molecule has 92 valence electrons. The van der Waals surface area contributed by atoms with Gasteiger partial charge in [0.1, 0.15) is 6.10 Å². The summed E-state index contributed by atoms with van der Waals surface area (Å²) in [5.74, 6) is 0.0581. The van der Waals surface area contributed by atoms with Crippen molar-refractivity contribution in [2.24, 2.45) is 0 Å². The number of ether oxygens (including phenoxy) is 1. The van der Waals surface area contributed by atoms with Crippen molar-refractivity contribution in [3.05, 3.63) is 0 Å². The molecule has 0 radical (unpaired) electrons. The van der Waals surface area contributed by atoms with E-state index in [-0.39, 0.29) is 12.0 Å². The van der Waals surface area contributed by atoms with Crippen molar-refractivity contribution >= 4 is 5.91 Å². The summed E-state index contributed by atoms with van der Waals surface area (Å²) in [6.45, 7) is 5.11. The average molecular weight is 228 g/mol. The van der Waals surface area contributed by atoms with Gasteiger partial charge in [-0.1, -0.05) is 0 Å². The van der Waals surface area contributed by atoms with Crippen molar-refractivity contribution in [3.63, 3.8) is 0 Å². The summed E-state index contributed by atoms with van der Waals surface area (Å²) in [7, 11) is 0. The quantitative estimate of drug-likeness (QED) is 0.626. The van der Waals surface area contributed by atoms with E-state index in [2.05, 4.69) is 5.32 Å². The van der Waals surface area contributed by atoms with Gasteiger partial charge in [0.2, 0.25) is 0 Å². The van der Waals surface area contributed by atoms with Crippen LogP contribution in [-0.4, -0.2) is 60.4 Å². The molecule has 1 atom stereocenters. The third-order valence-corrected chi connectivity index (χ3v) is 3.36. The molecule has 16 heavy (non-hydrogen) atoms. The van der Waals surface area contributed by atoms with E-state index in [1.807, 2.05) is 6.92 Å². The van der Waals surface area contributed by atoms with E-state index in [9.17, 15) is 9.90 Å². The van der Waals surface area contributed by atoms with E-state index in [1.165, 1.54) is 0 Å². The lowest BCUT2D eigenvalue weighted by Crippen LogP contribution is -2.53. The highest BCUT2D eigenvalue weighted by atomic mass is 16.5. The highest BCUT2D eigenvalue weighted by Gasteiger charge is 2.33. The van der Waals surface area contributed by atoms with Crippen LogP contribution in [0.4, 0.5) is 0 Å². The number of piperidine rings is 1. The van der Waals surface area contributed by atoms with Gasteiger partial charge in [0, 0.05) is 26.2 Å². The number of rotatable bonds is 1. The van der Waals surface area contributed by atoms with E-state index in [0.29, 0.717) is 39.1 Å². The maximum absolute atomic E-state index is 12.0. The van der Waals surface area contributed by atoms with Crippen molar-refractivity contribution in [1.29, 1.82) is 0 Å². The molecule has 2 rings (SSSR count). The monoisotopic (exact) mass is 228 g/mol. The van der Waals surface area contributed by atoms with Gasteiger partial charge in [-0.15, -0.1) is 0 Å². The summed E-state index contributed by atoms with van der Waals surface area (Å²) >= 11 is 0. The molecule has 0 saturated carbocycles. The fourth-order valence-electron chi connectivity index (χ4n) is 2.14. The van der Waals surface area contributed by atoms with Gasteiger partial charge in [-0.3, -0.25) is 4.79 Å². The number of aliphatic hydroxyl groups is 1. The summed E-state index contributed by atoms with van der Waals surface area (Å²) in [4.78, 5) is 13.8. The standard InChI is InChI=1S/C11H20N2O3/c1-11(15)2-5-13(6-3-11)10(14)9-8-12-4-7-16-9/h9,12,15H,2-8H2,1H3. The first-order chi connectivity index (χ1) is 7.58. The Morgan fingerprint density at radius 3 is 2.75 bits per heavy atom.